The third-order valence-electron chi connectivity index (χ3n) is 3.71. The number of hydrogen-bond donors (Lipinski definition) is 1. The Labute approximate surface area is 175 Å². The van der Waals surface area contributed by atoms with E-state index in [0.29, 0.717) is 33.0 Å². The maximum Gasteiger partial charge on any atom is 0.330 e. The fraction of sp³-hybridized carbons (Fsp3) is 0.857. The number of esters is 1. The minimum atomic E-state index is -0.482. The van der Waals surface area contributed by atoms with Gasteiger partial charge in [-0.3, -0.25) is 0 Å². The monoisotopic (exact) mass is 420 g/mol. The molecular weight excluding hydrogens is 380 g/mol. The molecule has 8 nitrogen and oxygen atoms in total. The lowest BCUT2D eigenvalue weighted by molar-refractivity contribution is -0.143. The van der Waals surface area contributed by atoms with Crippen molar-refractivity contribution in [2.75, 3.05) is 39.6 Å². The summed E-state index contributed by atoms with van der Waals surface area (Å²) < 4.78 is 33.1. The molecular formula is C21H40O8. The van der Waals surface area contributed by atoms with Gasteiger partial charge in [0.1, 0.15) is 6.61 Å². The predicted molar refractivity (Wildman–Crippen MR) is 110 cm³/mol. The van der Waals surface area contributed by atoms with E-state index in [-0.39, 0.29) is 37.1 Å². The van der Waals surface area contributed by atoms with Crippen molar-refractivity contribution < 1.29 is 38.3 Å². The van der Waals surface area contributed by atoms with Crippen LogP contribution in [0.3, 0.4) is 0 Å². The first kappa shape index (κ1) is 28.0. The zero-order valence-corrected chi connectivity index (χ0v) is 18.8. The van der Waals surface area contributed by atoms with Crippen molar-refractivity contribution in [2.45, 2.75) is 78.2 Å². The molecule has 1 N–H and O–H groups in total. The third kappa shape index (κ3) is 17.5. The zero-order valence-electron chi connectivity index (χ0n) is 18.8. The maximum absolute atomic E-state index is 11.0. The van der Waals surface area contributed by atoms with Crippen LogP contribution in [0.1, 0.15) is 41.5 Å². The molecule has 0 heterocycles. The van der Waals surface area contributed by atoms with Gasteiger partial charge in [0.25, 0.3) is 0 Å². The highest BCUT2D eigenvalue weighted by Gasteiger charge is 2.13. The van der Waals surface area contributed by atoms with Crippen molar-refractivity contribution in [3.05, 3.63) is 12.7 Å². The van der Waals surface area contributed by atoms with Crippen molar-refractivity contribution in [3.8, 4) is 0 Å². The molecule has 0 aromatic rings. The van der Waals surface area contributed by atoms with Crippen molar-refractivity contribution in [2.24, 2.45) is 0 Å². The normalized spacial score (nSPS) is 17.8. The van der Waals surface area contributed by atoms with Crippen LogP contribution < -0.4 is 0 Å². The largest absolute Gasteiger partial charge is 0.460 e. The molecule has 6 atom stereocenters. The van der Waals surface area contributed by atoms with Crippen LogP contribution in [0.25, 0.3) is 0 Å². The zero-order chi connectivity index (χ0) is 22.2. The highest BCUT2D eigenvalue weighted by atomic mass is 16.6. The molecule has 8 heteroatoms. The van der Waals surface area contributed by atoms with Gasteiger partial charge in [-0.1, -0.05) is 6.58 Å². The van der Waals surface area contributed by atoms with Crippen LogP contribution in [-0.4, -0.2) is 87.3 Å². The summed E-state index contributed by atoms with van der Waals surface area (Å²) in [6, 6.07) is 0. The van der Waals surface area contributed by atoms with E-state index < -0.39 is 12.1 Å². The summed E-state index contributed by atoms with van der Waals surface area (Å²) in [5.41, 5.74) is 0. The van der Waals surface area contributed by atoms with E-state index in [9.17, 15) is 9.90 Å². The number of hydrogen-bond acceptors (Lipinski definition) is 8. The fourth-order valence-electron chi connectivity index (χ4n) is 2.00. The molecule has 0 fully saturated rings. The van der Waals surface area contributed by atoms with Gasteiger partial charge in [-0.05, 0) is 41.5 Å². The van der Waals surface area contributed by atoms with Crippen LogP contribution >= 0.6 is 0 Å². The Morgan fingerprint density at radius 1 is 0.690 bits per heavy atom. The number of carbonyl (C=O) groups is 1. The smallest absolute Gasteiger partial charge is 0.330 e. The van der Waals surface area contributed by atoms with Gasteiger partial charge in [0.2, 0.25) is 0 Å². The summed E-state index contributed by atoms with van der Waals surface area (Å²) in [7, 11) is 0. The first-order chi connectivity index (χ1) is 13.6. The second kappa shape index (κ2) is 16.7. The molecule has 0 bridgehead atoms. The van der Waals surface area contributed by atoms with Crippen molar-refractivity contribution in [1.82, 2.24) is 0 Å². The third-order valence-corrected chi connectivity index (χ3v) is 3.71. The quantitative estimate of drug-likeness (QED) is 0.266. The van der Waals surface area contributed by atoms with E-state index in [0.717, 1.165) is 6.08 Å². The van der Waals surface area contributed by atoms with Gasteiger partial charge in [-0.15, -0.1) is 0 Å². The number of rotatable bonds is 18. The van der Waals surface area contributed by atoms with Crippen molar-refractivity contribution in [1.29, 1.82) is 0 Å². The molecule has 0 aromatic heterocycles. The number of aliphatic hydroxyl groups excluding tert-OH is 1. The molecule has 6 unspecified atom stereocenters. The Morgan fingerprint density at radius 3 is 1.31 bits per heavy atom. The lowest BCUT2D eigenvalue weighted by Gasteiger charge is -2.22. The summed E-state index contributed by atoms with van der Waals surface area (Å²) >= 11 is 0. The lowest BCUT2D eigenvalue weighted by Crippen LogP contribution is -2.29. The molecule has 0 rings (SSSR count). The minimum Gasteiger partial charge on any atom is -0.460 e. The Bertz CT molecular complexity index is 429. The second-order valence-corrected chi connectivity index (χ2v) is 7.40. The Kier molecular flexibility index (Phi) is 16.1. The van der Waals surface area contributed by atoms with Gasteiger partial charge >= 0.3 is 5.97 Å². The molecule has 0 aliphatic heterocycles. The SMILES string of the molecule is C=CC(=O)OCC(C)OCC(C)OCC(C)OCC(C)OCC(C)OCC(C)O. The molecule has 0 spiro atoms. The lowest BCUT2D eigenvalue weighted by atomic mass is 10.3. The Balaban J connectivity index is 3.79. The van der Waals surface area contributed by atoms with Gasteiger partial charge in [0, 0.05) is 6.08 Å². The molecule has 0 radical (unpaired) electrons. The summed E-state index contributed by atoms with van der Waals surface area (Å²) in [4.78, 5) is 11.0. The molecule has 0 amide bonds. The van der Waals surface area contributed by atoms with E-state index in [1.807, 2.05) is 34.6 Å². The van der Waals surface area contributed by atoms with Gasteiger partial charge in [-0.2, -0.15) is 0 Å². The summed E-state index contributed by atoms with van der Waals surface area (Å²) in [5, 5.41) is 9.20. The van der Waals surface area contributed by atoms with E-state index in [1.54, 1.807) is 6.92 Å². The molecule has 29 heavy (non-hydrogen) atoms. The highest BCUT2D eigenvalue weighted by molar-refractivity contribution is 5.81. The summed E-state index contributed by atoms with van der Waals surface area (Å²) in [6.45, 7) is 16.7. The summed E-state index contributed by atoms with van der Waals surface area (Å²) in [6.07, 6.45) is 0.0648. The number of ether oxygens (including phenoxy) is 6. The first-order valence-corrected chi connectivity index (χ1v) is 10.2. The molecule has 0 aliphatic rings. The highest BCUT2D eigenvalue weighted by Crippen LogP contribution is 2.03. The summed E-state index contributed by atoms with van der Waals surface area (Å²) in [5.74, 6) is -0.462. The van der Waals surface area contributed by atoms with E-state index in [2.05, 4.69) is 6.58 Å². The average molecular weight is 421 g/mol. The average Bonchev–Trinajstić information content (AvgIpc) is 2.69. The van der Waals surface area contributed by atoms with Gasteiger partial charge < -0.3 is 33.5 Å². The topological polar surface area (TPSA) is 92.7 Å². The molecule has 0 aliphatic carbocycles. The second-order valence-electron chi connectivity index (χ2n) is 7.40. The standard InChI is InChI=1S/C21H40O8/c1-8-21(23)29-14-20(7)28-13-19(6)27-12-18(5)26-11-17(4)25-10-16(3)24-9-15(2)22/h8,15-20,22H,1,9-14H2,2-7H3. The van der Waals surface area contributed by atoms with Crippen LogP contribution in [-0.2, 0) is 33.2 Å². The molecule has 172 valence electrons. The number of carbonyl (C=O) groups excluding carboxylic acids is 1. The number of aliphatic hydroxyl groups is 1. The Morgan fingerprint density at radius 2 is 1.00 bits per heavy atom. The Hall–Kier alpha value is -1.03. The van der Waals surface area contributed by atoms with Crippen LogP contribution in [0.15, 0.2) is 12.7 Å². The van der Waals surface area contributed by atoms with Crippen molar-refractivity contribution >= 4 is 5.97 Å². The van der Waals surface area contributed by atoms with Gasteiger partial charge in [-0.25, -0.2) is 4.79 Å². The first-order valence-electron chi connectivity index (χ1n) is 10.2. The minimum absolute atomic E-state index is 0.0741. The van der Waals surface area contributed by atoms with E-state index in [4.69, 9.17) is 28.4 Å². The van der Waals surface area contributed by atoms with Gasteiger partial charge in [0.05, 0.1) is 69.7 Å². The molecule has 0 saturated carbocycles. The van der Waals surface area contributed by atoms with E-state index >= 15 is 0 Å². The predicted octanol–water partition coefficient (Wildman–Crippen LogP) is 2.12. The molecule has 0 aromatic carbocycles. The van der Waals surface area contributed by atoms with E-state index in [1.165, 1.54) is 0 Å². The van der Waals surface area contributed by atoms with Crippen molar-refractivity contribution in [3.63, 3.8) is 0 Å². The fourth-order valence-corrected chi connectivity index (χ4v) is 2.00. The molecule has 0 saturated heterocycles. The van der Waals surface area contributed by atoms with Crippen LogP contribution in [0.4, 0.5) is 0 Å². The maximum atomic E-state index is 11.0. The van der Waals surface area contributed by atoms with Crippen LogP contribution in [0.5, 0.6) is 0 Å². The van der Waals surface area contributed by atoms with Crippen LogP contribution in [0, 0.1) is 0 Å². The van der Waals surface area contributed by atoms with Gasteiger partial charge in [0.15, 0.2) is 0 Å². The van der Waals surface area contributed by atoms with Crippen LogP contribution in [0.2, 0.25) is 0 Å².